The molecule has 2 heterocycles. The fraction of sp³-hybridized carbons (Fsp3) is 0.348. The number of carbonyl (C=O) groups excluding carboxylic acids is 3. The van der Waals surface area contributed by atoms with Crippen molar-refractivity contribution in [3.05, 3.63) is 70.8 Å². The number of halogens is 1. The summed E-state index contributed by atoms with van der Waals surface area (Å²) in [5.41, 5.74) is 2.17. The molecule has 2 aliphatic heterocycles. The van der Waals surface area contributed by atoms with E-state index < -0.39 is 0 Å². The zero-order valence-electron chi connectivity index (χ0n) is 16.9. The van der Waals surface area contributed by atoms with Gasteiger partial charge in [0.2, 0.25) is 0 Å². The molecule has 0 bridgehead atoms. The van der Waals surface area contributed by atoms with Crippen LogP contribution in [0.2, 0.25) is 0 Å². The second-order valence-corrected chi connectivity index (χ2v) is 7.81. The van der Waals surface area contributed by atoms with Gasteiger partial charge >= 0.3 is 0 Å². The van der Waals surface area contributed by atoms with Gasteiger partial charge in [0.15, 0.2) is 0 Å². The standard InChI is InChI=1S/C23H25N3O3.ClH/c1-15-14-24-11-9-20(15)25-21(27)17-7-8-18-19(13-17)23(29)26(22(18)28)12-10-16-5-3-2-4-6-16;/h2-8,13,15,20,24H,9-12,14H2,1H3,(H,25,27);1H. The molecule has 30 heavy (non-hydrogen) atoms. The highest BCUT2D eigenvalue weighted by Crippen LogP contribution is 2.24. The molecule has 2 aliphatic rings. The Morgan fingerprint density at radius 2 is 1.83 bits per heavy atom. The molecule has 7 heteroatoms. The van der Waals surface area contributed by atoms with Crippen LogP contribution in [0.3, 0.4) is 0 Å². The van der Waals surface area contributed by atoms with Crippen LogP contribution in [0.25, 0.3) is 0 Å². The Balaban J connectivity index is 0.00000256. The van der Waals surface area contributed by atoms with Crippen molar-refractivity contribution in [2.24, 2.45) is 5.92 Å². The predicted octanol–water partition coefficient (Wildman–Crippen LogP) is 2.67. The van der Waals surface area contributed by atoms with E-state index in [1.165, 1.54) is 4.90 Å². The second-order valence-electron chi connectivity index (χ2n) is 7.81. The number of nitrogens with zero attached hydrogens (tertiary/aromatic N) is 1. The average Bonchev–Trinajstić information content (AvgIpc) is 2.98. The predicted molar refractivity (Wildman–Crippen MR) is 117 cm³/mol. The van der Waals surface area contributed by atoms with E-state index in [4.69, 9.17) is 0 Å². The van der Waals surface area contributed by atoms with Gasteiger partial charge in [0.1, 0.15) is 0 Å². The maximum atomic E-state index is 12.8. The van der Waals surface area contributed by atoms with E-state index >= 15 is 0 Å². The Bertz CT molecular complexity index is 948. The summed E-state index contributed by atoms with van der Waals surface area (Å²) in [6.45, 7) is 4.18. The summed E-state index contributed by atoms with van der Waals surface area (Å²) in [6.07, 6.45) is 1.48. The van der Waals surface area contributed by atoms with Crippen molar-refractivity contribution < 1.29 is 14.4 Å². The molecule has 0 spiro atoms. The lowest BCUT2D eigenvalue weighted by Crippen LogP contribution is -2.48. The molecule has 0 aliphatic carbocycles. The fourth-order valence-corrected chi connectivity index (χ4v) is 4.00. The van der Waals surface area contributed by atoms with Gasteiger partial charge in [-0.15, -0.1) is 12.4 Å². The van der Waals surface area contributed by atoms with Crippen LogP contribution < -0.4 is 10.6 Å². The van der Waals surface area contributed by atoms with E-state index in [0.717, 1.165) is 25.1 Å². The van der Waals surface area contributed by atoms with Gasteiger partial charge in [-0.2, -0.15) is 0 Å². The lowest BCUT2D eigenvalue weighted by atomic mass is 9.95. The first kappa shape index (κ1) is 22.0. The van der Waals surface area contributed by atoms with Crippen LogP contribution in [0, 0.1) is 5.92 Å². The largest absolute Gasteiger partial charge is 0.349 e. The average molecular weight is 428 g/mol. The maximum Gasteiger partial charge on any atom is 0.261 e. The summed E-state index contributed by atoms with van der Waals surface area (Å²) in [6, 6.07) is 14.6. The number of hydrogen-bond acceptors (Lipinski definition) is 4. The molecule has 4 rings (SSSR count). The molecule has 2 aromatic rings. The van der Waals surface area contributed by atoms with Gasteiger partial charge in [-0.3, -0.25) is 19.3 Å². The third-order valence-electron chi connectivity index (χ3n) is 5.80. The number of hydrogen-bond donors (Lipinski definition) is 2. The summed E-state index contributed by atoms with van der Waals surface area (Å²) in [5, 5.41) is 6.38. The topological polar surface area (TPSA) is 78.5 Å². The van der Waals surface area contributed by atoms with Gasteiger partial charge in [0, 0.05) is 18.2 Å². The zero-order chi connectivity index (χ0) is 20.4. The lowest BCUT2D eigenvalue weighted by molar-refractivity contribution is 0.0656. The highest BCUT2D eigenvalue weighted by atomic mass is 35.5. The molecule has 0 aromatic heterocycles. The van der Waals surface area contributed by atoms with E-state index in [1.807, 2.05) is 30.3 Å². The van der Waals surface area contributed by atoms with Crippen molar-refractivity contribution in [2.75, 3.05) is 19.6 Å². The van der Waals surface area contributed by atoms with E-state index in [0.29, 0.717) is 35.6 Å². The Labute approximate surface area is 182 Å². The SMILES string of the molecule is CC1CNCCC1NC(=O)c1ccc2c(c1)C(=O)N(CCc1ccccc1)C2=O.Cl. The molecule has 3 amide bonds. The van der Waals surface area contributed by atoms with Gasteiger partial charge in [0.05, 0.1) is 11.1 Å². The number of amides is 3. The number of nitrogens with one attached hydrogen (secondary N) is 2. The first-order valence-corrected chi connectivity index (χ1v) is 10.1. The molecule has 1 saturated heterocycles. The van der Waals surface area contributed by atoms with E-state index in [9.17, 15) is 14.4 Å². The van der Waals surface area contributed by atoms with E-state index in [1.54, 1.807) is 18.2 Å². The third-order valence-corrected chi connectivity index (χ3v) is 5.80. The highest BCUT2D eigenvalue weighted by Gasteiger charge is 2.36. The molecular formula is C23H26ClN3O3. The van der Waals surface area contributed by atoms with Crippen LogP contribution in [0.15, 0.2) is 48.5 Å². The van der Waals surface area contributed by atoms with Crippen LogP contribution in [0.4, 0.5) is 0 Å². The maximum absolute atomic E-state index is 12.8. The van der Waals surface area contributed by atoms with Gasteiger partial charge < -0.3 is 10.6 Å². The second kappa shape index (κ2) is 9.41. The molecule has 158 valence electrons. The summed E-state index contributed by atoms with van der Waals surface area (Å²) < 4.78 is 0. The van der Waals surface area contributed by atoms with Crippen molar-refractivity contribution in [1.82, 2.24) is 15.5 Å². The first-order valence-electron chi connectivity index (χ1n) is 10.1. The molecule has 2 aromatic carbocycles. The summed E-state index contributed by atoms with van der Waals surface area (Å²) in [7, 11) is 0. The molecule has 1 fully saturated rings. The fourth-order valence-electron chi connectivity index (χ4n) is 4.00. The van der Waals surface area contributed by atoms with Crippen LogP contribution in [0.5, 0.6) is 0 Å². The quantitative estimate of drug-likeness (QED) is 0.719. The van der Waals surface area contributed by atoms with Gasteiger partial charge in [0.25, 0.3) is 17.7 Å². The number of piperidine rings is 1. The molecule has 0 radical (unpaired) electrons. The van der Waals surface area contributed by atoms with Gasteiger partial charge in [-0.25, -0.2) is 0 Å². The Hall–Kier alpha value is -2.70. The minimum atomic E-state index is -0.328. The number of carbonyl (C=O) groups is 3. The van der Waals surface area contributed by atoms with Crippen molar-refractivity contribution >= 4 is 30.1 Å². The Kier molecular flexibility index (Phi) is 6.90. The van der Waals surface area contributed by atoms with Crippen molar-refractivity contribution in [2.45, 2.75) is 25.8 Å². The summed E-state index contributed by atoms with van der Waals surface area (Å²) in [4.78, 5) is 39.4. The number of fused-ring (bicyclic) bond motifs is 1. The third kappa shape index (κ3) is 4.40. The molecule has 2 atom stereocenters. The van der Waals surface area contributed by atoms with E-state index in [2.05, 4.69) is 17.6 Å². The normalized spacial score (nSPS) is 20.5. The zero-order valence-corrected chi connectivity index (χ0v) is 17.7. The first-order chi connectivity index (χ1) is 14.0. The van der Waals surface area contributed by atoms with E-state index in [-0.39, 0.29) is 36.2 Å². The molecule has 0 saturated carbocycles. The minimum absolute atomic E-state index is 0. The molecular weight excluding hydrogens is 402 g/mol. The minimum Gasteiger partial charge on any atom is -0.349 e. The van der Waals surface area contributed by atoms with Crippen molar-refractivity contribution in [1.29, 1.82) is 0 Å². The number of rotatable bonds is 5. The number of benzene rings is 2. The Morgan fingerprint density at radius 3 is 2.57 bits per heavy atom. The summed E-state index contributed by atoms with van der Waals surface area (Å²) in [5.74, 6) is -0.473. The number of imide groups is 1. The van der Waals surface area contributed by atoms with Crippen LogP contribution >= 0.6 is 12.4 Å². The van der Waals surface area contributed by atoms with Crippen LogP contribution in [-0.2, 0) is 6.42 Å². The summed E-state index contributed by atoms with van der Waals surface area (Å²) >= 11 is 0. The molecule has 2 N–H and O–H groups in total. The highest BCUT2D eigenvalue weighted by molar-refractivity contribution is 6.22. The van der Waals surface area contributed by atoms with Gasteiger partial charge in [-0.1, -0.05) is 37.3 Å². The van der Waals surface area contributed by atoms with Crippen molar-refractivity contribution in [3.63, 3.8) is 0 Å². The monoisotopic (exact) mass is 427 g/mol. The smallest absolute Gasteiger partial charge is 0.261 e. The van der Waals surface area contributed by atoms with Crippen molar-refractivity contribution in [3.8, 4) is 0 Å². The molecule has 2 unspecified atom stereocenters. The molecule has 6 nitrogen and oxygen atoms in total. The Morgan fingerprint density at radius 1 is 1.10 bits per heavy atom. The van der Waals surface area contributed by atoms with Crippen LogP contribution in [-0.4, -0.2) is 48.3 Å². The van der Waals surface area contributed by atoms with Gasteiger partial charge in [-0.05, 0) is 55.6 Å². The lowest BCUT2D eigenvalue weighted by Gasteiger charge is -2.30. The van der Waals surface area contributed by atoms with Crippen LogP contribution in [0.1, 0.15) is 50.0 Å².